The minimum absolute atomic E-state index is 0.0471. The fourth-order valence-corrected chi connectivity index (χ4v) is 5.00. The van der Waals surface area contributed by atoms with E-state index in [-0.39, 0.29) is 11.3 Å². The Balaban J connectivity index is 1.40. The van der Waals surface area contributed by atoms with Crippen LogP contribution in [0.25, 0.3) is 5.69 Å². The van der Waals surface area contributed by atoms with Gasteiger partial charge in [0.2, 0.25) is 0 Å². The van der Waals surface area contributed by atoms with Crippen LogP contribution in [0.2, 0.25) is 0 Å². The molecule has 2 heterocycles. The van der Waals surface area contributed by atoms with E-state index in [0.29, 0.717) is 40.4 Å². The summed E-state index contributed by atoms with van der Waals surface area (Å²) in [6, 6.07) is 25.2. The lowest BCUT2D eigenvalue weighted by Gasteiger charge is -2.31. The molecule has 6 rings (SSSR count). The minimum atomic E-state index is -0.517. The summed E-state index contributed by atoms with van der Waals surface area (Å²) in [5.74, 6) is 0.0717. The first-order valence-electron chi connectivity index (χ1n) is 11.9. The molecule has 0 radical (unpaired) electrons. The van der Waals surface area contributed by atoms with Crippen molar-refractivity contribution in [2.45, 2.75) is 25.2 Å². The number of benzene rings is 3. The molecule has 0 spiro atoms. The van der Waals surface area contributed by atoms with Crippen LogP contribution in [0.1, 0.15) is 46.7 Å². The molecule has 3 aromatic carbocycles. The van der Waals surface area contributed by atoms with E-state index >= 15 is 0 Å². The number of anilines is 1. The number of rotatable bonds is 4. The zero-order valence-electron chi connectivity index (χ0n) is 19.4. The predicted molar refractivity (Wildman–Crippen MR) is 136 cm³/mol. The number of carbonyl (C=O) groups excluding carboxylic acids is 2. The highest BCUT2D eigenvalue weighted by Crippen LogP contribution is 2.43. The third-order valence-corrected chi connectivity index (χ3v) is 6.68. The number of nitrogens with one attached hydrogen (secondary N) is 2. The normalized spacial score (nSPS) is 16.7. The van der Waals surface area contributed by atoms with Gasteiger partial charge in [-0.15, -0.1) is 0 Å². The van der Waals surface area contributed by atoms with E-state index < -0.39 is 11.9 Å². The number of H-pyrrole nitrogens is 1. The molecule has 1 unspecified atom stereocenters. The molecule has 0 bridgehead atoms. The molecule has 0 saturated heterocycles. The Labute approximate surface area is 207 Å². The number of Topliss-reactive ketones (excluding diaryl/α,β-unsaturated/α-hetero) is 1. The van der Waals surface area contributed by atoms with Gasteiger partial charge in [-0.1, -0.05) is 48.5 Å². The van der Waals surface area contributed by atoms with Crippen LogP contribution in [-0.4, -0.2) is 21.5 Å². The maximum atomic E-state index is 13.6. The van der Waals surface area contributed by atoms with Crippen molar-refractivity contribution in [3.8, 4) is 11.4 Å². The van der Waals surface area contributed by atoms with Gasteiger partial charge in [-0.3, -0.25) is 14.7 Å². The van der Waals surface area contributed by atoms with Crippen molar-refractivity contribution in [3.63, 3.8) is 0 Å². The highest BCUT2D eigenvalue weighted by atomic mass is 16.5. The molecule has 4 aromatic rings. The van der Waals surface area contributed by atoms with Crippen LogP contribution >= 0.6 is 0 Å². The van der Waals surface area contributed by atoms with Gasteiger partial charge < -0.3 is 10.1 Å². The topological polar surface area (TPSA) is 93.2 Å². The van der Waals surface area contributed by atoms with E-state index in [2.05, 4.69) is 10.4 Å². The number of nitrogens with zero attached hydrogens (tertiary/aromatic N) is 1. The molecular weight excluding hydrogens is 454 g/mol. The molecule has 0 fully saturated rings. The summed E-state index contributed by atoms with van der Waals surface area (Å²) in [6.45, 7) is 0. The van der Waals surface area contributed by atoms with Gasteiger partial charge in [0, 0.05) is 23.6 Å². The van der Waals surface area contributed by atoms with Gasteiger partial charge in [-0.2, -0.15) is 0 Å². The Morgan fingerprint density at radius 1 is 0.861 bits per heavy atom. The van der Waals surface area contributed by atoms with Crippen LogP contribution in [0.3, 0.4) is 0 Å². The van der Waals surface area contributed by atoms with Crippen molar-refractivity contribution < 1.29 is 14.3 Å². The molecule has 2 N–H and O–H groups in total. The Morgan fingerprint density at radius 2 is 1.56 bits per heavy atom. The molecular formula is C29H23N3O4. The van der Waals surface area contributed by atoms with E-state index in [1.807, 2.05) is 48.5 Å². The number of aromatic nitrogens is 2. The van der Waals surface area contributed by atoms with Crippen LogP contribution in [0, 0.1) is 0 Å². The van der Waals surface area contributed by atoms with E-state index in [9.17, 15) is 14.4 Å². The van der Waals surface area contributed by atoms with E-state index in [1.54, 1.807) is 36.4 Å². The fraction of sp³-hybridized carbons (Fsp3) is 0.138. The molecule has 36 heavy (non-hydrogen) atoms. The Kier molecular flexibility index (Phi) is 5.37. The fourth-order valence-electron chi connectivity index (χ4n) is 5.00. The number of allylic oxidation sites excluding steroid dienone is 2. The summed E-state index contributed by atoms with van der Waals surface area (Å²) < 4.78 is 7.03. The summed E-state index contributed by atoms with van der Waals surface area (Å²) in [5.41, 5.74) is 3.74. The number of aromatic amines is 1. The number of carbonyl (C=O) groups is 2. The van der Waals surface area contributed by atoms with E-state index in [1.165, 1.54) is 4.68 Å². The average Bonchev–Trinajstić information content (AvgIpc) is 3.25. The van der Waals surface area contributed by atoms with Crippen molar-refractivity contribution in [1.29, 1.82) is 0 Å². The van der Waals surface area contributed by atoms with E-state index in [0.717, 1.165) is 24.1 Å². The Hall–Kier alpha value is -4.65. The summed E-state index contributed by atoms with van der Waals surface area (Å²) in [4.78, 5) is 39.2. The molecule has 0 amide bonds. The van der Waals surface area contributed by atoms with Gasteiger partial charge >= 0.3 is 5.97 Å². The van der Waals surface area contributed by atoms with Crippen molar-refractivity contribution in [3.05, 3.63) is 123 Å². The zero-order valence-corrected chi connectivity index (χ0v) is 19.4. The summed E-state index contributed by atoms with van der Waals surface area (Å²) in [5, 5.41) is 6.53. The van der Waals surface area contributed by atoms with Crippen LogP contribution in [-0.2, 0) is 4.79 Å². The average molecular weight is 478 g/mol. The lowest BCUT2D eigenvalue weighted by Crippen LogP contribution is -2.29. The first kappa shape index (κ1) is 21.9. The number of esters is 1. The number of hydrogen-bond donors (Lipinski definition) is 2. The largest absolute Gasteiger partial charge is 0.423 e. The third-order valence-electron chi connectivity index (χ3n) is 6.68. The molecule has 7 nitrogen and oxygen atoms in total. The van der Waals surface area contributed by atoms with Crippen LogP contribution < -0.4 is 15.6 Å². The summed E-state index contributed by atoms with van der Waals surface area (Å²) >= 11 is 0. The SMILES string of the molecule is O=C1CCCC2=C1C(c1ccc(OC(=O)c3ccccc3)cc1)c1c([nH]n(-c3ccccc3)c1=O)N2. The number of hydrogen-bond acceptors (Lipinski definition) is 5. The van der Waals surface area contributed by atoms with Gasteiger partial charge in [-0.05, 0) is 54.8 Å². The number of fused-ring (bicyclic) bond motifs is 1. The lowest BCUT2D eigenvalue weighted by molar-refractivity contribution is -0.116. The van der Waals surface area contributed by atoms with Crippen molar-refractivity contribution >= 4 is 17.6 Å². The van der Waals surface area contributed by atoms with Crippen molar-refractivity contribution in [1.82, 2.24) is 9.78 Å². The van der Waals surface area contributed by atoms with Crippen LogP contribution in [0.5, 0.6) is 5.75 Å². The highest BCUT2D eigenvalue weighted by Gasteiger charge is 2.38. The lowest BCUT2D eigenvalue weighted by atomic mass is 9.77. The van der Waals surface area contributed by atoms with Gasteiger partial charge in [0.05, 0.1) is 16.8 Å². The number of para-hydroxylation sites is 1. The highest BCUT2D eigenvalue weighted by molar-refractivity contribution is 6.01. The molecule has 2 aliphatic rings. The monoisotopic (exact) mass is 477 g/mol. The minimum Gasteiger partial charge on any atom is -0.423 e. The molecule has 7 heteroatoms. The Morgan fingerprint density at radius 3 is 2.28 bits per heavy atom. The van der Waals surface area contributed by atoms with Gasteiger partial charge in [0.1, 0.15) is 11.6 Å². The summed E-state index contributed by atoms with van der Waals surface area (Å²) in [6.07, 6.45) is 1.96. The zero-order chi connectivity index (χ0) is 24.6. The standard InChI is InChI=1S/C29H23N3O4/c33-23-13-7-12-22-25(23)24(26-27(30-22)31-32(28(26)34)20-10-5-2-6-11-20)18-14-16-21(17-15-18)36-29(35)19-8-3-1-4-9-19/h1-6,8-11,14-17,24,30-31H,7,12-13H2. The third kappa shape index (κ3) is 3.75. The quantitative estimate of drug-likeness (QED) is 0.321. The van der Waals surface area contributed by atoms with Crippen LogP contribution in [0.4, 0.5) is 5.82 Å². The van der Waals surface area contributed by atoms with Crippen molar-refractivity contribution in [2.24, 2.45) is 0 Å². The molecule has 1 aliphatic heterocycles. The second-order valence-electron chi connectivity index (χ2n) is 8.93. The van der Waals surface area contributed by atoms with Crippen LogP contribution in [0.15, 0.2) is 101 Å². The smallest absolute Gasteiger partial charge is 0.343 e. The predicted octanol–water partition coefficient (Wildman–Crippen LogP) is 4.95. The maximum Gasteiger partial charge on any atom is 0.343 e. The second-order valence-corrected chi connectivity index (χ2v) is 8.93. The maximum absolute atomic E-state index is 13.6. The van der Waals surface area contributed by atoms with Gasteiger partial charge in [0.25, 0.3) is 5.56 Å². The van der Waals surface area contributed by atoms with E-state index in [4.69, 9.17) is 4.74 Å². The first-order chi connectivity index (χ1) is 17.6. The second kappa shape index (κ2) is 8.85. The first-order valence-corrected chi connectivity index (χ1v) is 11.9. The summed E-state index contributed by atoms with van der Waals surface area (Å²) in [7, 11) is 0. The Bertz CT molecular complexity index is 1550. The van der Waals surface area contributed by atoms with Gasteiger partial charge in [-0.25, -0.2) is 9.48 Å². The number of ether oxygens (including phenoxy) is 1. The molecule has 1 aliphatic carbocycles. The van der Waals surface area contributed by atoms with Gasteiger partial charge in [0.15, 0.2) is 5.78 Å². The molecule has 178 valence electrons. The van der Waals surface area contributed by atoms with Crippen molar-refractivity contribution in [2.75, 3.05) is 5.32 Å². The molecule has 1 aromatic heterocycles. The molecule has 1 atom stereocenters. The number of ketones is 1. The molecule has 0 saturated carbocycles.